The van der Waals surface area contributed by atoms with Crippen molar-refractivity contribution in [1.82, 2.24) is 24.9 Å². The topological polar surface area (TPSA) is 84.7 Å². The predicted octanol–water partition coefficient (Wildman–Crippen LogP) is 3.39. The summed E-state index contributed by atoms with van der Waals surface area (Å²) in [6.45, 7) is 2.01. The number of carbonyl (C=O) groups is 1. The van der Waals surface area contributed by atoms with Crippen LogP contribution < -0.4 is 15.0 Å². The smallest absolute Gasteiger partial charge is 0.225 e. The highest BCUT2D eigenvalue weighted by molar-refractivity contribution is 7.20. The second-order valence-electron chi connectivity index (χ2n) is 7.79. The number of fused-ring (bicyclic) bond motifs is 1. The standard InChI is InChI=1S/C23H24N6O2S/c1-31-19-9-7-16(8-10-19)20-15-29-22(26-20)32-23(27-29)28-12-4-5-17(14-28)21(30)25-13-18-6-2-3-11-24-18/h2-3,6-11,15,17H,4-5,12-14H2,1H3,(H,25,30)/t17-/m1/s1. The number of ether oxygens (including phenoxy) is 1. The van der Waals surface area contributed by atoms with Crippen LogP contribution in [0, 0.1) is 5.92 Å². The van der Waals surface area contributed by atoms with Crippen molar-refractivity contribution in [2.75, 3.05) is 25.1 Å². The van der Waals surface area contributed by atoms with Gasteiger partial charge in [-0.3, -0.25) is 9.78 Å². The summed E-state index contributed by atoms with van der Waals surface area (Å²) >= 11 is 1.55. The Hall–Kier alpha value is -3.46. The molecule has 0 aliphatic carbocycles. The molecule has 4 heterocycles. The van der Waals surface area contributed by atoms with E-state index in [0.717, 1.165) is 52.2 Å². The Kier molecular flexibility index (Phi) is 5.72. The quantitative estimate of drug-likeness (QED) is 0.487. The lowest BCUT2D eigenvalue weighted by Gasteiger charge is -2.31. The van der Waals surface area contributed by atoms with Gasteiger partial charge < -0.3 is 15.0 Å². The molecule has 1 fully saturated rings. The van der Waals surface area contributed by atoms with E-state index in [9.17, 15) is 4.79 Å². The molecule has 0 spiro atoms. The van der Waals surface area contributed by atoms with E-state index in [2.05, 4.69) is 15.2 Å². The van der Waals surface area contributed by atoms with Crippen LogP contribution in [0.5, 0.6) is 5.75 Å². The van der Waals surface area contributed by atoms with Crippen LogP contribution in [0.25, 0.3) is 16.2 Å². The Labute approximate surface area is 189 Å². The Balaban J connectivity index is 1.25. The van der Waals surface area contributed by atoms with Gasteiger partial charge in [0.05, 0.1) is 37.2 Å². The zero-order valence-corrected chi connectivity index (χ0v) is 18.6. The number of hydrogen-bond acceptors (Lipinski definition) is 7. The maximum absolute atomic E-state index is 12.7. The SMILES string of the molecule is COc1ccc(-c2cn3nc(N4CCC[C@@H](C(=O)NCc5ccccn5)C4)sc3n2)cc1. The fraction of sp³-hybridized carbons (Fsp3) is 0.304. The van der Waals surface area contributed by atoms with Crippen LogP contribution >= 0.6 is 11.3 Å². The zero-order chi connectivity index (χ0) is 21.9. The summed E-state index contributed by atoms with van der Waals surface area (Å²) in [6.07, 6.45) is 5.52. The number of piperidine rings is 1. The maximum Gasteiger partial charge on any atom is 0.225 e. The Morgan fingerprint density at radius 2 is 2.12 bits per heavy atom. The number of rotatable bonds is 6. The number of imidazole rings is 1. The molecule has 1 aliphatic heterocycles. The van der Waals surface area contributed by atoms with Crippen LogP contribution in [0.4, 0.5) is 5.13 Å². The van der Waals surface area contributed by atoms with Crippen molar-refractivity contribution >= 4 is 27.3 Å². The fourth-order valence-corrected chi connectivity index (χ4v) is 4.83. The van der Waals surface area contributed by atoms with Crippen LogP contribution in [0.15, 0.2) is 54.9 Å². The predicted molar refractivity (Wildman–Crippen MR) is 124 cm³/mol. The summed E-state index contributed by atoms with van der Waals surface area (Å²) in [7, 11) is 1.66. The average Bonchev–Trinajstić information content (AvgIpc) is 3.43. The Morgan fingerprint density at radius 1 is 1.25 bits per heavy atom. The largest absolute Gasteiger partial charge is 0.497 e. The van der Waals surface area contributed by atoms with Gasteiger partial charge in [0, 0.05) is 24.8 Å². The highest BCUT2D eigenvalue weighted by Crippen LogP contribution is 2.30. The summed E-state index contributed by atoms with van der Waals surface area (Å²) in [5.41, 5.74) is 2.76. The summed E-state index contributed by atoms with van der Waals surface area (Å²) in [4.78, 5) is 24.7. The van der Waals surface area contributed by atoms with Gasteiger partial charge in [-0.05, 0) is 49.2 Å². The first-order chi connectivity index (χ1) is 15.7. The first-order valence-corrected chi connectivity index (χ1v) is 11.4. The van der Waals surface area contributed by atoms with Crippen LogP contribution in [-0.4, -0.2) is 45.7 Å². The zero-order valence-electron chi connectivity index (χ0n) is 17.8. The molecular weight excluding hydrogens is 424 g/mol. The van der Waals surface area contributed by atoms with Crippen LogP contribution in [0.1, 0.15) is 18.5 Å². The Bertz CT molecular complexity index is 1170. The van der Waals surface area contributed by atoms with E-state index in [-0.39, 0.29) is 11.8 Å². The molecule has 8 nitrogen and oxygen atoms in total. The molecule has 0 saturated carbocycles. The molecule has 1 amide bonds. The third kappa shape index (κ3) is 4.29. The number of anilines is 1. The third-order valence-electron chi connectivity index (χ3n) is 5.65. The molecule has 5 rings (SSSR count). The molecule has 32 heavy (non-hydrogen) atoms. The van der Waals surface area contributed by atoms with E-state index in [1.165, 1.54) is 0 Å². The maximum atomic E-state index is 12.7. The fourth-order valence-electron chi connectivity index (χ4n) is 3.91. The van der Waals surface area contributed by atoms with Crippen molar-refractivity contribution in [3.63, 3.8) is 0 Å². The molecule has 1 atom stereocenters. The molecule has 1 aliphatic rings. The van der Waals surface area contributed by atoms with Crippen molar-refractivity contribution < 1.29 is 9.53 Å². The van der Waals surface area contributed by atoms with Crippen LogP contribution in [0.3, 0.4) is 0 Å². The number of hydrogen-bond donors (Lipinski definition) is 1. The van der Waals surface area contributed by atoms with Gasteiger partial charge >= 0.3 is 0 Å². The minimum atomic E-state index is -0.0569. The lowest BCUT2D eigenvalue weighted by Crippen LogP contribution is -2.43. The molecule has 9 heteroatoms. The van der Waals surface area contributed by atoms with E-state index in [1.807, 2.05) is 53.2 Å². The molecule has 1 aromatic carbocycles. The minimum Gasteiger partial charge on any atom is -0.497 e. The molecule has 1 N–H and O–H groups in total. The number of nitrogens with one attached hydrogen (secondary N) is 1. The first kappa shape index (κ1) is 20.4. The molecule has 1 saturated heterocycles. The molecule has 4 aromatic rings. The van der Waals surface area contributed by atoms with Crippen LogP contribution in [0.2, 0.25) is 0 Å². The van der Waals surface area contributed by atoms with Gasteiger partial charge in [0.15, 0.2) is 0 Å². The molecule has 0 bridgehead atoms. The van der Waals surface area contributed by atoms with E-state index in [1.54, 1.807) is 24.6 Å². The van der Waals surface area contributed by atoms with Gasteiger partial charge in [-0.2, -0.15) is 0 Å². The van der Waals surface area contributed by atoms with Gasteiger partial charge in [0.1, 0.15) is 5.75 Å². The van der Waals surface area contributed by atoms with Gasteiger partial charge in [-0.25, -0.2) is 9.50 Å². The molecule has 164 valence electrons. The van der Waals surface area contributed by atoms with E-state index < -0.39 is 0 Å². The molecule has 3 aromatic heterocycles. The third-order valence-corrected chi connectivity index (χ3v) is 6.63. The second kappa shape index (κ2) is 8.96. The number of nitrogens with zero attached hydrogens (tertiary/aromatic N) is 5. The lowest BCUT2D eigenvalue weighted by atomic mass is 9.97. The van der Waals surface area contributed by atoms with E-state index >= 15 is 0 Å². The number of benzene rings is 1. The summed E-state index contributed by atoms with van der Waals surface area (Å²) in [6, 6.07) is 13.5. The number of methoxy groups -OCH3 is 1. The summed E-state index contributed by atoms with van der Waals surface area (Å²) in [5.74, 6) is 0.834. The lowest BCUT2D eigenvalue weighted by molar-refractivity contribution is -0.125. The number of amides is 1. The van der Waals surface area contributed by atoms with Gasteiger partial charge in [-0.1, -0.05) is 17.4 Å². The first-order valence-electron chi connectivity index (χ1n) is 10.6. The summed E-state index contributed by atoms with van der Waals surface area (Å²) < 4.78 is 7.05. The van der Waals surface area contributed by atoms with Gasteiger partial charge in [0.25, 0.3) is 0 Å². The van der Waals surface area contributed by atoms with Crippen LogP contribution in [-0.2, 0) is 11.3 Å². The number of aromatic nitrogens is 4. The van der Waals surface area contributed by atoms with E-state index in [0.29, 0.717) is 13.1 Å². The highest BCUT2D eigenvalue weighted by Gasteiger charge is 2.28. The second-order valence-corrected chi connectivity index (χ2v) is 8.72. The molecule has 0 radical (unpaired) electrons. The minimum absolute atomic E-state index is 0.0569. The van der Waals surface area contributed by atoms with Crippen molar-refractivity contribution in [3.8, 4) is 17.0 Å². The monoisotopic (exact) mass is 448 g/mol. The highest BCUT2D eigenvalue weighted by atomic mass is 32.1. The number of pyridine rings is 1. The van der Waals surface area contributed by atoms with E-state index in [4.69, 9.17) is 14.8 Å². The van der Waals surface area contributed by atoms with Crippen molar-refractivity contribution in [2.24, 2.45) is 5.92 Å². The molecular formula is C23H24N6O2S. The Morgan fingerprint density at radius 3 is 2.88 bits per heavy atom. The van der Waals surface area contributed by atoms with Crippen molar-refractivity contribution in [2.45, 2.75) is 19.4 Å². The normalized spacial score (nSPS) is 16.3. The van der Waals surface area contributed by atoms with Gasteiger partial charge in [-0.15, -0.1) is 5.10 Å². The van der Waals surface area contributed by atoms with Crippen molar-refractivity contribution in [1.29, 1.82) is 0 Å². The van der Waals surface area contributed by atoms with Crippen molar-refractivity contribution in [3.05, 3.63) is 60.6 Å². The average molecular weight is 449 g/mol. The number of carbonyl (C=O) groups excluding carboxylic acids is 1. The molecule has 0 unspecified atom stereocenters. The summed E-state index contributed by atoms with van der Waals surface area (Å²) in [5, 5.41) is 8.66. The van der Waals surface area contributed by atoms with Gasteiger partial charge in [0.2, 0.25) is 16.0 Å².